The largest absolute Gasteiger partial charge is 0.313 e. The molecule has 0 aromatic heterocycles. The Morgan fingerprint density at radius 3 is 2.36 bits per heavy atom. The maximum Gasteiger partial charge on any atom is 0.0465 e. The maximum atomic E-state index is 5.99. The fraction of sp³-hybridized carbons (Fsp3) is 0.400. The van der Waals surface area contributed by atoms with Crippen molar-refractivity contribution in [2.45, 2.75) is 13.0 Å². The molecular formula is C10H12Cl3N. The molecule has 1 N–H and O–H groups in total. The Bertz CT molecular complexity index is 268. The molecule has 4 heteroatoms. The Hall–Kier alpha value is 0.0500. The van der Waals surface area contributed by atoms with Crippen molar-refractivity contribution in [2.75, 3.05) is 12.4 Å². The van der Waals surface area contributed by atoms with Crippen LogP contribution in [0, 0.1) is 0 Å². The van der Waals surface area contributed by atoms with Gasteiger partial charge >= 0.3 is 0 Å². The van der Waals surface area contributed by atoms with Crippen LogP contribution in [0.1, 0.15) is 12.0 Å². The van der Waals surface area contributed by atoms with E-state index >= 15 is 0 Å². The molecular weight excluding hydrogens is 240 g/mol. The van der Waals surface area contributed by atoms with Crippen LogP contribution in [-0.4, -0.2) is 12.4 Å². The SMILES string of the molecule is ClCCCNCc1c(Cl)cccc1Cl. The highest BCUT2D eigenvalue weighted by Crippen LogP contribution is 2.23. The summed E-state index contributed by atoms with van der Waals surface area (Å²) in [5, 5.41) is 4.64. The molecule has 0 radical (unpaired) electrons. The van der Waals surface area contributed by atoms with Gasteiger partial charge in [0.05, 0.1) is 0 Å². The van der Waals surface area contributed by atoms with Crippen LogP contribution in [0.3, 0.4) is 0 Å². The zero-order valence-corrected chi connectivity index (χ0v) is 9.96. The van der Waals surface area contributed by atoms with E-state index in [0.29, 0.717) is 22.5 Å². The van der Waals surface area contributed by atoms with Crippen LogP contribution >= 0.6 is 34.8 Å². The van der Waals surface area contributed by atoms with Gasteiger partial charge in [-0.1, -0.05) is 29.3 Å². The summed E-state index contributed by atoms with van der Waals surface area (Å²) in [6, 6.07) is 5.52. The molecule has 0 aliphatic heterocycles. The first-order valence-corrected chi connectivity index (χ1v) is 5.74. The van der Waals surface area contributed by atoms with Gasteiger partial charge in [0.1, 0.15) is 0 Å². The second kappa shape index (κ2) is 6.52. The van der Waals surface area contributed by atoms with Crippen molar-refractivity contribution >= 4 is 34.8 Å². The Kier molecular flexibility index (Phi) is 5.64. The summed E-state index contributed by atoms with van der Waals surface area (Å²) in [7, 11) is 0. The first-order valence-electron chi connectivity index (χ1n) is 4.45. The first-order chi connectivity index (χ1) is 6.75. The van der Waals surface area contributed by atoms with Gasteiger partial charge in [-0.3, -0.25) is 0 Å². The van der Waals surface area contributed by atoms with Crippen LogP contribution < -0.4 is 5.32 Å². The van der Waals surface area contributed by atoms with Crippen molar-refractivity contribution in [3.63, 3.8) is 0 Å². The molecule has 0 atom stereocenters. The van der Waals surface area contributed by atoms with E-state index in [9.17, 15) is 0 Å². The average molecular weight is 253 g/mol. The summed E-state index contributed by atoms with van der Waals surface area (Å²) in [6.07, 6.45) is 0.948. The second-order valence-electron chi connectivity index (χ2n) is 2.92. The second-order valence-corrected chi connectivity index (χ2v) is 4.11. The number of benzene rings is 1. The maximum absolute atomic E-state index is 5.99. The van der Waals surface area contributed by atoms with E-state index in [1.165, 1.54) is 0 Å². The van der Waals surface area contributed by atoms with Crippen LogP contribution in [0.4, 0.5) is 0 Å². The van der Waals surface area contributed by atoms with Gasteiger partial charge in [0.15, 0.2) is 0 Å². The summed E-state index contributed by atoms with van der Waals surface area (Å²) >= 11 is 17.5. The lowest BCUT2D eigenvalue weighted by molar-refractivity contribution is 0.678. The van der Waals surface area contributed by atoms with Gasteiger partial charge in [0.25, 0.3) is 0 Å². The quantitative estimate of drug-likeness (QED) is 0.622. The zero-order chi connectivity index (χ0) is 10.4. The van der Waals surface area contributed by atoms with Gasteiger partial charge in [-0.05, 0) is 25.1 Å². The van der Waals surface area contributed by atoms with Crippen molar-refractivity contribution in [1.82, 2.24) is 5.32 Å². The molecule has 0 aliphatic rings. The van der Waals surface area contributed by atoms with Crippen molar-refractivity contribution in [1.29, 1.82) is 0 Å². The highest BCUT2D eigenvalue weighted by atomic mass is 35.5. The molecule has 1 aromatic rings. The first kappa shape index (κ1) is 12.1. The number of hydrogen-bond acceptors (Lipinski definition) is 1. The van der Waals surface area contributed by atoms with Crippen LogP contribution in [0.15, 0.2) is 18.2 Å². The summed E-state index contributed by atoms with van der Waals surface area (Å²) in [5.41, 5.74) is 0.949. The van der Waals surface area contributed by atoms with Gasteiger partial charge in [-0.25, -0.2) is 0 Å². The third-order valence-corrected chi connectivity index (χ3v) is 2.83. The number of halogens is 3. The minimum Gasteiger partial charge on any atom is -0.313 e. The van der Waals surface area contributed by atoms with E-state index in [1.807, 2.05) is 18.2 Å². The van der Waals surface area contributed by atoms with Crippen molar-refractivity contribution in [2.24, 2.45) is 0 Å². The zero-order valence-electron chi connectivity index (χ0n) is 7.69. The molecule has 78 valence electrons. The molecule has 1 aromatic carbocycles. The molecule has 14 heavy (non-hydrogen) atoms. The number of rotatable bonds is 5. The molecule has 0 saturated heterocycles. The molecule has 0 spiro atoms. The molecule has 0 fully saturated rings. The van der Waals surface area contributed by atoms with Gasteiger partial charge in [-0.15, -0.1) is 11.6 Å². The predicted molar refractivity (Wildman–Crippen MR) is 63.5 cm³/mol. The smallest absolute Gasteiger partial charge is 0.0465 e. The minimum atomic E-state index is 0.670. The molecule has 0 bridgehead atoms. The van der Waals surface area contributed by atoms with E-state index in [4.69, 9.17) is 34.8 Å². The lowest BCUT2D eigenvalue weighted by Gasteiger charge is -2.07. The number of alkyl halides is 1. The fourth-order valence-electron chi connectivity index (χ4n) is 1.11. The molecule has 0 saturated carbocycles. The molecule has 1 rings (SSSR count). The standard InChI is InChI=1S/C10H12Cl3N/c11-5-2-6-14-7-8-9(12)3-1-4-10(8)13/h1,3-4,14H,2,5-7H2. The summed E-state index contributed by atoms with van der Waals surface area (Å²) in [5.74, 6) is 0.670. The van der Waals surface area contributed by atoms with Crippen molar-refractivity contribution in [3.8, 4) is 0 Å². The van der Waals surface area contributed by atoms with Gasteiger partial charge in [-0.2, -0.15) is 0 Å². The molecule has 0 aliphatic carbocycles. The van der Waals surface area contributed by atoms with Crippen molar-refractivity contribution in [3.05, 3.63) is 33.8 Å². The fourth-order valence-corrected chi connectivity index (χ4v) is 1.77. The predicted octanol–water partition coefficient (Wildman–Crippen LogP) is 3.71. The van der Waals surface area contributed by atoms with Crippen molar-refractivity contribution < 1.29 is 0 Å². The normalized spacial score (nSPS) is 10.5. The third kappa shape index (κ3) is 3.66. The van der Waals surface area contributed by atoms with Crippen LogP contribution in [0.2, 0.25) is 10.0 Å². The Morgan fingerprint density at radius 2 is 1.79 bits per heavy atom. The Balaban J connectivity index is 2.49. The molecule has 0 unspecified atom stereocenters. The van der Waals surface area contributed by atoms with Gasteiger partial charge < -0.3 is 5.32 Å². The van der Waals surface area contributed by atoms with Crippen LogP contribution in [0.25, 0.3) is 0 Å². The van der Waals surface area contributed by atoms with Crippen LogP contribution in [-0.2, 0) is 6.54 Å². The minimum absolute atomic E-state index is 0.670. The highest BCUT2D eigenvalue weighted by molar-refractivity contribution is 6.35. The Labute approximate surface area is 99.4 Å². The van der Waals surface area contributed by atoms with E-state index in [2.05, 4.69) is 5.32 Å². The van der Waals surface area contributed by atoms with Gasteiger partial charge in [0.2, 0.25) is 0 Å². The monoisotopic (exact) mass is 251 g/mol. The average Bonchev–Trinajstić information content (AvgIpc) is 2.16. The molecule has 0 amide bonds. The number of nitrogens with one attached hydrogen (secondary N) is 1. The highest BCUT2D eigenvalue weighted by Gasteiger charge is 2.03. The summed E-state index contributed by atoms with van der Waals surface area (Å²) in [6.45, 7) is 1.57. The third-order valence-electron chi connectivity index (χ3n) is 1.85. The lowest BCUT2D eigenvalue weighted by Crippen LogP contribution is -2.15. The molecule has 1 nitrogen and oxygen atoms in total. The van der Waals surface area contributed by atoms with E-state index in [-0.39, 0.29) is 0 Å². The van der Waals surface area contributed by atoms with Crippen LogP contribution in [0.5, 0.6) is 0 Å². The Morgan fingerprint density at radius 1 is 1.14 bits per heavy atom. The molecule has 0 heterocycles. The summed E-state index contributed by atoms with van der Waals surface area (Å²) < 4.78 is 0. The topological polar surface area (TPSA) is 12.0 Å². The van der Waals surface area contributed by atoms with E-state index in [0.717, 1.165) is 18.5 Å². The lowest BCUT2D eigenvalue weighted by atomic mass is 10.2. The number of hydrogen-bond donors (Lipinski definition) is 1. The summed E-state index contributed by atoms with van der Waals surface area (Å²) in [4.78, 5) is 0. The van der Waals surface area contributed by atoms with Gasteiger partial charge in [0, 0.05) is 28.0 Å². The van der Waals surface area contributed by atoms with E-state index < -0.39 is 0 Å². The van der Waals surface area contributed by atoms with E-state index in [1.54, 1.807) is 0 Å².